The summed E-state index contributed by atoms with van der Waals surface area (Å²) < 4.78 is 33.7. The van der Waals surface area contributed by atoms with Crippen LogP contribution in [0.4, 0.5) is 9.59 Å². The van der Waals surface area contributed by atoms with Gasteiger partial charge in [-0.05, 0) is 24.3 Å². The van der Waals surface area contributed by atoms with Gasteiger partial charge in [-0.25, -0.2) is 19.2 Å². The zero-order chi connectivity index (χ0) is 19.0. The van der Waals surface area contributed by atoms with Gasteiger partial charge in [0.25, 0.3) is 0 Å². The summed E-state index contributed by atoms with van der Waals surface area (Å²) in [7, 11) is 0. The molecule has 1 aliphatic heterocycles. The highest BCUT2D eigenvalue weighted by Gasteiger charge is 2.23. The Balaban J connectivity index is 2.31. The van der Waals surface area contributed by atoms with Crippen molar-refractivity contribution in [1.29, 1.82) is 0 Å². The molecule has 11 heteroatoms. The maximum Gasteiger partial charge on any atom is 0.524 e. The van der Waals surface area contributed by atoms with Crippen LogP contribution >= 0.6 is 0 Å². The fourth-order valence-electron chi connectivity index (χ4n) is 2.20. The molecule has 0 saturated carbocycles. The molecule has 0 fully saturated rings. The first-order valence-corrected chi connectivity index (χ1v) is 7.16. The molecule has 136 valence electrons. The Hall–Kier alpha value is -4.28. The molecular weight excluding hydrogens is 368 g/mol. The molecule has 0 N–H and O–H groups in total. The van der Waals surface area contributed by atoms with Crippen molar-refractivity contribution < 1.29 is 41.5 Å². The summed E-state index contributed by atoms with van der Waals surface area (Å²) in [4.78, 5) is 47.1. The summed E-state index contributed by atoms with van der Waals surface area (Å²) in [5.74, 6) is -3.75. The van der Waals surface area contributed by atoms with Crippen molar-refractivity contribution in [3.8, 4) is 11.5 Å². The van der Waals surface area contributed by atoms with Gasteiger partial charge in [0, 0.05) is 0 Å². The average Bonchev–Trinajstić information content (AvgIpc) is 2.59. The Morgan fingerprint density at radius 2 is 0.889 bits per heavy atom. The lowest BCUT2D eigenvalue weighted by molar-refractivity contribution is 0.0886. The predicted molar refractivity (Wildman–Crippen MR) is 82.6 cm³/mol. The lowest BCUT2D eigenvalue weighted by Gasteiger charge is -2.09. The van der Waals surface area contributed by atoms with E-state index in [2.05, 4.69) is 9.15 Å². The molecule has 2 aromatic carbocycles. The second-order valence-corrected chi connectivity index (χ2v) is 4.88. The van der Waals surface area contributed by atoms with E-state index in [4.69, 9.17) is 22.7 Å². The quantitative estimate of drug-likeness (QED) is 0.325. The van der Waals surface area contributed by atoms with Gasteiger partial charge in [-0.1, -0.05) is 12.1 Å². The van der Waals surface area contributed by atoms with Crippen LogP contribution in [0.2, 0.25) is 0 Å². The number of rotatable bonds is 0. The molecule has 0 atom stereocenters. The van der Waals surface area contributed by atoms with Crippen LogP contribution in [0.1, 0.15) is 0 Å². The first-order chi connectivity index (χ1) is 13.0. The fraction of sp³-hybridized carbons (Fsp3) is 0. The van der Waals surface area contributed by atoms with E-state index in [0.717, 1.165) is 0 Å². The molecule has 27 heavy (non-hydrogen) atoms. The van der Waals surface area contributed by atoms with E-state index in [1.165, 1.54) is 36.4 Å². The number of benzene rings is 2. The van der Waals surface area contributed by atoms with Gasteiger partial charge in [0.05, 0.1) is 0 Å². The van der Waals surface area contributed by atoms with Gasteiger partial charge in [0.1, 0.15) is 0 Å². The highest BCUT2D eigenvalue weighted by Crippen LogP contribution is 2.31. The predicted octanol–water partition coefficient (Wildman–Crippen LogP) is 2.80. The highest BCUT2D eigenvalue weighted by molar-refractivity contribution is 5.86. The third kappa shape index (κ3) is 3.16. The topological polar surface area (TPSA) is 149 Å². The van der Waals surface area contributed by atoms with Crippen LogP contribution < -0.4 is 21.1 Å². The zero-order valence-corrected chi connectivity index (χ0v) is 13.0. The van der Waals surface area contributed by atoms with Crippen LogP contribution in [0, 0.1) is 0 Å². The van der Waals surface area contributed by atoms with E-state index in [9.17, 15) is 19.2 Å². The normalized spacial score (nSPS) is 13.0. The van der Waals surface area contributed by atoms with Gasteiger partial charge in [-0.3, -0.25) is 0 Å². The molecule has 0 unspecified atom stereocenters. The third-order valence-electron chi connectivity index (χ3n) is 3.20. The lowest BCUT2D eigenvalue weighted by Crippen LogP contribution is -2.20. The van der Waals surface area contributed by atoms with Gasteiger partial charge in [0.2, 0.25) is 11.5 Å². The van der Waals surface area contributed by atoms with Gasteiger partial charge >= 0.3 is 24.0 Å². The van der Waals surface area contributed by atoms with Crippen LogP contribution in [0.25, 0.3) is 22.3 Å². The Morgan fingerprint density at radius 1 is 0.481 bits per heavy atom. The first-order valence-electron chi connectivity index (χ1n) is 7.16. The van der Waals surface area contributed by atoms with Crippen molar-refractivity contribution in [3.05, 3.63) is 57.6 Å². The number of carbonyl (C=O) groups excluding carboxylic acids is 2. The largest absolute Gasteiger partial charge is 0.524 e. The average molecular weight is 374 g/mol. The van der Waals surface area contributed by atoms with Crippen molar-refractivity contribution >= 4 is 34.6 Å². The lowest BCUT2D eigenvalue weighted by atomic mass is 10.3. The Labute approximate surface area is 146 Å². The van der Waals surface area contributed by atoms with Gasteiger partial charge < -0.3 is 31.9 Å². The van der Waals surface area contributed by atoms with Crippen LogP contribution in [-0.4, -0.2) is 12.3 Å². The van der Waals surface area contributed by atoms with Crippen LogP contribution in [0.3, 0.4) is 0 Å². The molecule has 0 aliphatic carbocycles. The molecule has 0 amide bonds. The van der Waals surface area contributed by atoms with Crippen molar-refractivity contribution in [3.63, 3.8) is 0 Å². The standard InChI is InChI=1S/C16H6O11/c17-13-22-9-5-1-3-7-11(9)24-15(19)27-16(20)25-12-8(21-7)4-2-6-10(12)23-14(18)26-13/h1-6H. The molecule has 1 aromatic heterocycles. The Morgan fingerprint density at radius 3 is 1.33 bits per heavy atom. The number of ether oxygens (including phenoxy) is 3. The number of cyclic esters (lactones) is 2. The summed E-state index contributed by atoms with van der Waals surface area (Å²) >= 11 is 0. The molecule has 11 nitrogen and oxygen atoms in total. The molecule has 2 heterocycles. The summed E-state index contributed by atoms with van der Waals surface area (Å²) in [6.45, 7) is 0. The number of para-hydroxylation sites is 2. The smallest absolute Gasteiger partial charge is 0.449 e. The molecule has 0 radical (unpaired) electrons. The third-order valence-corrected chi connectivity index (χ3v) is 3.20. The zero-order valence-electron chi connectivity index (χ0n) is 13.0. The number of hydrogen-bond donors (Lipinski definition) is 0. The molecule has 6 bridgehead atoms. The fourth-order valence-corrected chi connectivity index (χ4v) is 2.20. The molecule has 0 saturated heterocycles. The van der Waals surface area contributed by atoms with E-state index in [0.29, 0.717) is 0 Å². The van der Waals surface area contributed by atoms with Crippen LogP contribution in [0.15, 0.2) is 63.7 Å². The van der Waals surface area contributed by atoms with E-state index in [1.807, 2.05) is 0 Å². The van der Waals surface area contributed by atoms with E-state index in [-0.39, 0.29) is 22.3 Å². The van der Waals surface area contributed by atoms with E-state index in [1.54, 1.807) is 0 Å². The molecular formula is C16H6O11. The minimum absolute atomic E-state index is 0.0968. The van der Waals surface area contributed by atoms with E-state index < -0.39 is 35.5 Å². The van der Waals surface area contributed by atoms with E-state index >= 15 is 0 Å². The maximum atomic E-state index is 11.8. The molecule has 4 rings (SSSR count). The summed E-state index contributed by atoms with van der Waals surface area (Å²) in [5, 5.41) is 0. The monoisotopic (exact) mass is 374 g/mol. The molecule has 1 aliphatic rings. The van der Waals surface area contributed by atoms with Crippen molar-refractivity contribution in [2.75, 3.05) is 0 Å². The van der Waals surface area contributed by atoms with Crippen LogP contribution in [0.5, 0.6) is 11.5 Å². The number of carbonyl (C=O) groups is 2. The van der Waals surface area contributed by atoms with Crippen molar-refractivity contribution in [2.24, 2.45) is 0 Å². The molecule has 0 spiro atoms. The second-order valence-electron chi connectivity index (χ2n) is 4.88. The van der Waals surface area contributed by atoms with Gasteiger partial charge in [-0.15, -0.1) is 0 Å². The first kappa shape index (κ1) is 16.2. The van der Waals surface area contributed by atoms with Crippen molar-refractivity contribution in [2.45, 2.75) is 0 Å². The number of hydrogen-bond acceptors (Lipinski definition) is 11. The minimum Gasteiger partial charge on any atom is -0.449 e. The minimum atomic E-state index is -1.48. The van der Waals surface area contributed by atoms with Crippen LogP contribution in [-0.2, 0) is 4.74 Å². The van der Waals surface area contributed by atoms with Gasteiger partial charge in [0.15, 0.2) is 22.3 Å². The molecule has 3 aromatic rings. The Bertz CT molecular complexity index is 1190. The Kier molecular flexibility index (Phi) is 3.73. The van der Waals surface area contributed by atoms with Gasteiger partial charge in [-0.2, -0.15) is 0 Å². The second kappa shape index (κ2) is 6.22. The highest BCUT2D eigenvalue weighted by atomic mass is 16.8. The summed E-state index contributed by atoms with van der Waals surface area (Å²) in [5.41, 5.74) is -0.898. The van der Waals surface area contributed by atoms with Crippen molar-refractivity contribution in [1.82, 2.24) is 0 Å². The summed E-state index contributed by atoms with van der Waals surface area (Å²) in [6.07, 6.45) is -2.96. The maximum absolute atomic E-state index is 11.8. The SMILES string of the molecule is O=C1OC(=O)Oc2c3cccc2oc2cccc(oc(=O)oc(=O)o3)c2O1. The summed E-state index contributed by atoms with van der Waals surface area (Å²) in [6, 6.07) is 7.99.